The summed E-state index contributed by atoms with van der Waals surface area (Å²) >= 11 is 0. The minimum absolute atomic E-state index is 0.0144. The number of aromatic nitrogens is 2. The zero-order valence-electron chi connectivity index (χ0n) is 12.9. The Hall–Kier alpha value is -1.85. The molecule has 6 heteroatoms. The zero-order valence-corrected chi connectivity index (χ0v) is 12.9. The minimum atomic E-state index is -0.755. The monoisotopic (exact) mass is 293 g/mol. The van der Waals surface area contributed by atoms with Gasteiger partial charge < -0.3 is 10.0 Å². The molecule has 6 nitrogen and oxygen atoms in total. The molecule has 0 aliphatic carbocycles. The summed E-state index contributed by atoms with van der Waals surface area (Å²) in [6.07, 6.45) is 3.50. The molecular formula is C15H23N3O3. The van der Waals surface area contributed by atoms with Crippen LogP contribution in [-0.4, -0.2) is 44.8 Å². The number of rotatable bonds is 4. The van der Waals surface area contributed by atoms with Crippen molar-refractivity contribution in [2.75, 3.05) is 13.1 Å². The summed E-state index contributed by atoms with van der Waals surface area (Å²) in [6.45, 7) is 5.31. The van der Waals surface area contributed by atoms with Crippen LogP contribution in [0.25, 0.3) is 0 Å². The fourth-order valence-electron chi connectivity index (χ4n) is 2.85. The van der Waals surface area contributed by atoms with Gasteiger partial charge in [0.1, 0.15) is 0 Å². The normalized spacial score (nSPS) is 16.5. The van der Waals surface area contributed by atoms with E-state index >= 15 is 0 Å². The first-order chi connectivity index (χ1) is 9.88. The van der Waals surface area contributed by atoms with Gasteiger partial charge in [0.2, 0.25) is 0 Å². The van der Waals surface area contributed by atoms with Crippen LogP contribution in [0.3, 0.4) is 0 Å². The topological polar surface area (TPSA) is 75.4 Å². The van der Waals surface area contributed by atoms with Crippen LogP contribution in [0.1, 0.15) is 55.1 Å². The SMILES string of the molecule is CC(C)c1nn(C)cc1C(=O)N1CCC(CC(=O)O)CC1. The molecule has 1 saturated heterocycles. The first kappa shape index (κ1) is 15.5. The molecule has 2 heterocycles. The van der Waals surface area contributed by atoms with Crippen molar-refractivity contribution < 1.29 is 14.7 Å². The maximum absolute atomic E-state index is 12.6. The largest absolute Gasteiger partial charge is 0.481 e. The highest BCUT2D eigenvalue weighted by Gasteiger charge is 2.27. The summed E-state index contributed by atoms with van der Waals surface area (Å²) in [7, 11) is 1.82. The lowest BCUT2D eigenvalue weighted by atomic mass is 9.93. The lowest BCUT2D eigenvalue weighted by Gasteiger charge is -2.31. The molecule has 0 saturated carbocycles. The van der Waals surface area contributed by atoms with Gasteiger partial charge in [-0.05, 0) is 24.7 Å². The molecule has 0 aromatic carbocycles. The maximum atomic E-state index is 12.6. The van der Waals surface area contributed by atoms with Gasteiger partial charge >= 0.3 is 5.97 Å². The minimum Gasteiger partial charge on any atom is -0.481 e. The van der Waals surface area contributed by atoms with Crippen LogP contribution in [0, 0.1) is 5.92 Å². The molecule has 1 amide bonds. The van der Waals surface area contributed by atoms with Gasteiger partial charge in [-0.15, -0.1) is 0 Å². The number of nitrogens with zero attached hydrogens (tertiary/aromatic N) is 3. The van der Waals surface area contributed by atoms with E-state index in [1.165, 1.54) is 0 Å². The fourth-order valence-corrected chi connectivity index (χ4v) is 2.85. The van der Waals surface area contributed by atoms with Crippen LogP contribution in [0.15, 0.2) is 6.20 Å². The number of aliphatic carboxylic acids is 1. The van der Waals surface area contributed by atoms with Crippen LogP contribution in [-0.2, 0) is 11.8 Å². The number of amides is 1. The highest BCUT2D eigenvalue weighted by atomic mass is 16.4. The van der Waals surface area contributed by atoms with Crippen molar-refractivity contribution in [1.29, 1.82) is 0 Å². The van der Waals surface area contributed by atoms with Crippen molar-refractivity contribution in [3.8, 4) is 0 Å². The van der Waals surface area contributed by atoms with E-state index in [9.17, 15) is 9.59 Å². The number of piperidine rings is 1. The highest BCUT2D eigenvalue weighted by Crippen LogP contribution is 2.24. The van der Waals surface area contributed by atoms with E-state index in [4.69, 9.17) is 5.11 Å². The molecule has 21 heavy (non-hydrogen) atoms. The predicted molar refractivity (Wildman–Crippen MR) is 78.2 cm³/mol. The second kappa shape index (κ2) is 6.28. The second-order valence-corrected chi connectivity index (χ2v) is 6.09. The fraction of sp³-hybridized carbons (Fsp3) is 0.667. The molecule has 0 spiro atoms. The van der Waals surface area contributed by atoms with Crippen LogP contribution in [0.4, 0.5) is 0 Å². The summed E-state index contributed by atoms with van der Waals surface area (Å²) < 4.78 is 1.68. The Morgan fingerprint density at radius 2 is 2.00 bits per heavy atom. The van der Waals surface area contributed by atoms with Gasteiger partial charge in [0.15, 0.2) is 0 Å². The average Bonchev–Trinajstić information content (AvgIpc) is 2.80. The average molecular weight is 293 g/mol. The van der Waals surface area contributed by atoms with Crippen molar-refractivity contribution in [2.24, 2.45) is 13.0 Å². The quantitative estimate of drug-likeness (QED) is 0.919. The van der Waals surface area contributed by atoms with Gasteiger partial charge in [-0.3, -0.25) is 14.3 Å². The molecular weight excluding hydrogens is 270 g/mol. The molecule has 1 aliphatic heterocycles. The van der Waals surface area contributed by atoms with E-state index in [1.807, 2.05) is 25.8 Å². The van der Waals surface area contributed by atoms with E-state index in [1.54, 1.807) is 10.9 Å². The Balaban J connectivity index is 2.04. The number of hydrogen-bond acceptors (Lipinski definition) is 3. The van der Waals surface area contributed by atoms with E-state index in [0.29, 0.717) is 18.7 Å². The van der Waals surface area contributed by atoms with Crippen molar-refractivity contribution in [3.05, 3.63) is 17.5 Å². The summed E-state index contributed by atoms with van der Waals surface area (Å²) in [4.78, 5) is 25.2. The van der Waals surface area contributed by atoms with E-state index in [-0.39, 0.29) is 24.2 Å². The van der Waals surface area contributed by atoms with E-state index in [2.05, 4.69) is 5.10 Å². The molecule has 0 bridgehead atoms. The van der Waals surface area contributed by atoms with E-state index in [0.717, 1.165) is 18.5 Å². The van der Waals surface area contributed by atoms with Crippen LogP contribution >= 0.6 is 0 Å². The maximum Gasteiger partial charge on any atom is 0.303 e. The summed E-state index contributed by atoms with van der Waals surface area (Å²) in [5, 5.41) is 13.2. The Morgan fingerprint density at radius 1 is 1.38 bits per heavy atom. The third-order valence-corrected chi connectivity index (χ3v) is 4.00. The number of carboxylic acids is 1. The van der Waals surface area contributed by atoms with Gasteiger partial charge in [0.25, 0.3) is 5.91 Å². The van der Waals surface area contributed by atoms with Gasteiger partial charge in [0, 0.05) is 32.8 Å². The van der Waals surface area contributed by atoms with Gasteiger partial charge in [-0.2, -0.15) is 5.10 Å². The third kappa shape index (κ3) is 3.62. The molecule has 1 aromatic heterocycles. The van der Waals surface area contributed by atoms with Crippen molar-refractivity contribution in [3.63, 3.8) is 0 Å². The second-order valence-electron chi connectivity index (χ2n) is 6.09. The smallest absolute Gasteiger partial charge is 0.303 e. The number of likely N-dealkylation sites (tertiary alicyclic amines) is 1. The molecule has 0 radical (unpaired) electrons. The van der Waals surface area contributed by atoms with Crippen LogP contribution in [0.2, 0.25) is 0 Å². The summed E-state index contributed by atoms with van der Waals surface area (Å²) in [5.74, 6) is -0.352. The molecule has 1 aliphatic rings. The van der Waals surface area contributed by atoms with Crippen molar-refractivity contribution in [1.82, 2.24) is 14.7 Å². The first-order valence-electron chi connectivity index (χ1n) is 7.43. The number of hydrogen-bond donors (Lipinski definition) is 1. The molecule has 2 rings (SSSR count). The lowest BCUT2D eigenvalue weighted by molar-refractivity contribution is -0.138. The predicted octanol–water partition coefficient (Wildman–Crippen LogP) is 1.87. The van der Waals surface area contributed by atoms with Crippen LogP contribution in [0.5, 0.6) is 0 Å². The molecule has 1 aromatic rings. The van der Waals surface area contributed by atoms with Gasteiger partial charge in [-0.1, -0.05) is 13.8 Å². The third-order valence-electron chi connectivity index (χ3n) is 4.00. The number of carbonyl (C=O) groups excluding carboxylic acids is 1. The van der Waals surface area contributed by atoms with Gasteiger partial charge in [0.05, 0.1) is 11.3 Å². The lowest BCUT2D eigenvalue weighted by Crippen LogP contribution is -2.39. The molecule has 1 N–H and O–H groups in total. The molecule has 0 unspecified atom stereocenters. The number of carbonyl (C=O) groups is 2. The van der Waals surface area contributed by atoms with Crippen LogP contribution < -0.4 is 0 Å². The number of aryl methyl sites for hydroxylation is 1. The van der Waals surface area contributed by atoms with Gasteiger partial charge in [-0.25, -0.2) is 0 Å². The zero-order chi connectivity index (χ0) is 15.6. The Labute approximate surface area is 124 Å². The Morgan fingerprint density at radius 3 is 2.52 bits per heavy atom. The first-order valence-corrected chi connectivity index (χ1v) is 7.43. The summed E-state index contributed by atoms with van der Waals surface area (Å²) in [5.41, 5.74) is 1.50. The number of carboxylic acid groups (broad SMARTS) is 1. The molecule has 0 atom stereocenters. The highest BCUT2D eigenvalue weighted by molar-refractivity contribution is 5.95. The van der Waals surface area contributed by atoms with Crippen molar-refractivity contribution in [2.45, 2.75) is 39.0 Å². The molecule has 1 fully saturated rings. The molecule has 116 valence electrons. The van der Waals surface area contributed by atoms with Crippen molar-refractivity contribution >= 4 is 11.9 Å². The Bertz CT molecular complexity index is 528. The Kier molecular flexibility index (Phi) is 4.65. The standard InChI is InChI=1S/C15H23N3O3/c1-10(2)14-12(9-17(3)16-14)15(21)18-6-4-11(5-7-18)8-13(19)20/h9-11H,4-8H2,1-3H3,(H,19,20). The van der Waals surface area contributed by atoms with E-state index < -0.39 is 5.97 Å². The summed E-state index contributed by atoms with van der Waals surface area (Å²) in [6, 6.07) is 0.